The SMILES string of the molecule is C[C@H]1[C@@H](Oc2ccc(C(F)(F)F)cc2)O[C@@H]2O[C@]3(C)CC[C@H]4[C@H](C)CC[C@@H]1[C@@]24OO3. The molecule has 5 aliphatic rings. The van der Waals surface area contributed by atoms with Crippen molar-refractivity contribution in [1.29, 1.82) is 0 Å². The van der Waals surface area contributed by atoms with E-state index in [1.807, 2.05) is 13.8 Å². The summed E-state index contributed by atoms with van der Waals surface area (Å²) in [4.78, 5) is 11.9. The van der Waals surface area contributed by atoms with Crippen LogP contribution in [0.1, 0.15) is 52.0 Å². The molecule has 4 heterocycles. The summed E-state index contributed by atoms with van der Waals surface area (Å²) in [7, 11) is 0. The fourth-order valence-electron chi connectivity index (χ4n) is 5.86. The zero-order valence-corrected chi connectivity index (χ0v) is 17.3. The van der Waals surface area contributed by atoms with Crippen molar-refractivity contribution in [3.8, 4) is 5.75 Å². The standard InChI is InChI=1S/C22H27F3O5/c1-12-4-9-17-13(2)18(26-15-7-5-14(6-8-15)22(23,24)25)27-19-21(17)16(12)10-11-20(3,28-19)29-30-21/h5-8,12-13,16-19H,4,9-11H2,1-3H3/t12-,13-,16+,17+,18+,19-,20+,21-/m1/s1. The molecule has 0 amide bonds. The molecule has 1 aromatic rings. The average Bonchev–Trinajstić information content (AvgIpc) is 2.92. The van der Waals surface area contributed by atoms with E-state index < -0.39 is 35.7 Å². The van der Waals surface area contributed by atoms with Crippen molar-refractivity contribution in [1.82, 2.24) is 0 Å². The van der Waals surface area contributed by atoms with Gasteiger partial charge in [0.15, 0.2) is 11.9 Å². The number of hydrogen-bond acceptors (Lipinski definition) is 5. The molecule has 1 saturated carbocycles. The fraction of sp³-hybridized carbons (Fsp3) is 0.727. The lowest BCUT2D eigenvalue weighted by molar-refractivity contribution is -0.575. The molecule has 0 unspecified atom stereocenters. The highest BCUT2D eigenvalue weighted by atomic mass is 19.4. The number of rotatable bonds is 2. The highest BCUT2D eigenvalue weighted by Gasteiger charge is 2.69. The van der Waals surface area contributed by atoms with Crippen molar-refractivity contribution in [2.24, 2.45) is 23.7 Å². The van der Waals surface area contributed by atoms with Crippen LogP contribution in [0.25, 0.3) is 0 Å². The van der Waals surface area contributed by atoms with Gasteiger partial charge < -0.3 is 14.2 Å². The summed E-state index contributed by atoms with van der Waals surface area (Å²) < 4.78 is 57.1. The van der Waals surface area contributed by atoms with Crippen molar-refractivity contribution < 1.29 is 37.2 Å². The topological polar surface area (TPSA) is 46.2 Å². The van der Waals surface area contributed by atoms with Crippen molar-refractivity contribution in [3.05, 3.63) is 29.8 Å². The minimum absolute atomic E-state index is 0.0480. The molecule has 8 heteroatoms. The number of alkyl halides is 3. The highest BCUT2D eigenvalue weighted by molar-refractivity contribution is 5.29. The smallest absolute Gasteiger partial charge is 0.416 e. The third-order valence-electron chi connectivity index (χ3n) is 7.53. The molecular weight excluding hydrogens is 401 g/mol. The molecule has 4 saturated heterocycles. The van der Waals surface area contributed by atoms with E-state index in [0.29, 0.717) is 11.7 Å². The number of ether oxygens (including phenoxy) is 3. The molecule has 1 aromatic carbocycles. The summed E-state index contributed by atoms with van der Waals surface area (Å²) in [5.74, 6) is 0.211. The molecule has 5 nitrogen and oxygen atoms in total. The van der Waals surface area contributed by atoms with Crippen LogP contribution < -0.4 is 4.74 Å². The molecular formula is C22H27F3O5. The third kappa shape index (κ3) is 3.06. The fourth-order valence-corrected chi connectivity index (χ4v) is 5.86. The highest BCUT2D eigenvalue weighted by Crippen LogP contribution is 2.60. The molecule has 30 heavy (non-hydrogen) atoms. The molecule has 2 bridgehead atoms. The van der Waals surface area contributed by atoms with Gasteiger partial charge >= 0.3 is 6.18 Å². The van der Waals surface area contributed by atoms with Gasteiger partial charge in [-0.3, -0.25) is 0 Å². The zero-order valence-electron chi connectivity index (χ0n) is 17.3. The number of fused-ring (bicyclic) bond motifs is 2. The summed E-state index contributed by atoms with van der Waals surface area (Å²) in [6.45, 7) is 6.13. The van der Waals surface area contributed by atoms with E-state index in [1.54, 1.807) is 0 Å². The maximum atomic E-state index is 12.8. The van der Waals surface area contributed by atoms with Crippen molar-refractivity contribution in [2.75, 3.05) is 0 Å². The van der Waals surface area contributed by atoms with Gasteiger partial charge in [0, 0.05) is 18.3 Å². The first kappa shape index (κ1) is 20.5. The molecule has 166 valence electrons. The predicted octanol–water partition coefficient (Wildman–Crippen LogP) is 5.29. The third-order valence-corrected chi connectivity index (χ3v) is 7.53. The minimum atomic E-state index is -4.38. The zero-order chi connectivity index (χ0) is 21.3. The number of hydrogen-bond donors (Lipinski definition) is 0. The van der Waals surface area contributed by atoms with E-state index in [0.717, 1.165) is 37.8 Å². The van der Waals surface area contributed by atoms with E-state index in [2.05, 4.69) is 6.92 Å². The Labute approximate surface area is 173 Å². The molecule has 0 N–H and O–H groups in total. The van der Waals surface area contributed by atoms with Crippen molar-refractivity contribution in [2.45, 2.75) is 76.6 Å². The molecule has 0 aromatic heterocycles. The monoisotopic (exact) mass is 428 g/mol. The predicted molar refractivity (Wildman–Crippen MR) is 98.9 cm³/mol. The van der Waals surface area contributed by atoms with Gasteiger partial charge in [0.1, 0.15) is 5.75 Å². The van der Waals surface area contributed by atoms with Gasteiger partial charge in [-0.25, -0.2) is 9.78 Å². The van der Waals surface area contributed by atoms with Crippen LogP contribution in [0.15, 0.2) is 24.3 Å². The van der Waals surface area contributed by atoms with Crippen LogP contribution in [0.2, 0.25) is 0 Å². The second-order valence-electron chi connectivity index (χ2n) is 9.41. The Morgan fingerprint density at radius 1 is 1.00 bits per heavy atom. The quantitative estimate of drug-likeness (QED) is 0.599. The number of halogens is 3. The lowest BCUT2D eigenvalue weighted by Gasteiger charge is -2.60. The lowest BCUT2D eigenvalue weighted by Crippen LogP contribution is -2.70. The van der Waals surface area contributed by atoms with Crippen LogP contribution in [-0.2, 0) is 25.4 Å². The summed E-state index contributed by atoms with van der Waals surface area (Å²) in [5, 5.41) is 0. The van der Waals surface area contributed by atoms with Crippen LogP contribution >= 0.6 is 0 Å². The maximum Gasteiger partial charge on any atom is 0.416 e. The van der Waals surface area contributed by atoms with Gasteiger partial charge in [0.2, 0.25) is 12.1 Å². The lowest BCUT2D eigenvalue weighted by atomic mass is 9.58. The second-order valence-corrected chi connectivity index (χ2v) is 9.41. The largest absolute Gasteiger partial charge is 0.465 e. The molecule has 8 atom stereocenters. The Kier molecular flexibility index (Phi) is 4.67. The van der Waals surface area contributed by atoms with Crippen LogP contribution in [0, 0.1) is 23.7 Å². The minimum Gasteiger partial charge on any atom is -0.465 e. The summed E-state index contributed by atoms with van der Waals surface area (Å²) in [6, 6.07) is 4.70. The van der Waals surface area contributed by atoms with Crippen molar-refractivity contribution in [3.63, 3.8) is 0 Å². The molecule has 4 aliphatic heterocycles. The van der Waals surface area contributed by atoms with Crippen LogP contribution in [0.3, 0.4) is 0 Å². The van der Waals surface area contributed by atoms with Gasteiger partial charge in [-0.15, -0.1) is 0 Å². The van der Waals surface area contributed by atoms with Crippen molar-refractivity contribution >= 4 is 0 Å². The molecule has 1 aliphatic carbocycles. The van der Waals surface area contributed by atoms with Gasteiger partial charge in [0.05, 0.1) is 5.56 Å². The Morgan fingerprint density at radius 3 is 2.43 bits per heavy atom. The molecule has 1 spiro atoms. The van der Waals surface area contributed by atoms with E-state index in [1.165, 1.54) is 12.1 Å². The summed E-state index contributed by atoms with van der Waals surface area (Å²) >= 11 is 0. The van der Waals surface area contributed by atoms with Gasteiger partial charge in [0.25, 0.3) is 0 Å². The van der Waals surface area contributed by atoms with Crippen LogP contribution in [-0.4, -0.2) is 24.0 Å². The summed E-state index contributed by atoms with van der Waals surface area (Å²) in [6.07, 6.45) is -2.03. The number of benzene rings is 1. The van der Waals surface area contributed by atoms with Crippen LogP contribution in [0.4, 0.5) is 13.2 Å². The van der Waals surface area contributed by atoms with Gasteiger partial charge in [-0.2, -0.15) is 13.2 Å². The van der Waals surface area contributed by atoms with E-state index >= 15 is 0 Å². The summed E-state index contributed by atoms with van der Waals surface area (Å²) in [5.41, 5.74) is -1.40. The first-order valence-electron chi connectivity index (χ1n) is 10.7. The van der Waals surface area contributed by atoms with E-state index in [-0.39, 0.29) is 17.8 Å². The molecule has 6 rings (SSSR count). The first-order chi connectivity index (χ1) is 14.1. The Balaban J connectivity index is 1.43. The van der Waals surface area contributed by atoms with Gasteiger partial charge in [-0.05, 0) is 62.3 Å². The Morgan fingerprint density at radius 2 is 1.73 bits per heavy atom. The molecule has 0 radical (unpaired) electrons. The maximum absolute atomic E-state index is 12.8. The first-order valence-corrected chi connectivity index (χ1v) is 10.7. The van der Waals surface area contributed by atoms with Gasteiger partial charge in [-0.1, -0.05) is 13.8 Å². The van der Waals surface area contributed by atoms with E-state index in [9.17, 15) is 13.2 Å². The Hall–Kier alpha value is -1.35. The normalized spacial score (nSPS) is 45.5. The Bertz CT molecular complexity index is 799. The average molecular weight is 428 g/mol. The van der Waals surface area contributed by atoms with E-state index in [4.69, 9.17) is 24.0 Å². The molecule has 5 fully saturated rings. The second kappa shape index (κ2) is 6.82. The van der Waals surface area contributed by atoms with Crippen LogP contribution in [0.5, 0.6) is 5.75 Å².